The number of rotatable bonds is 5. The van der Waals surface area contributed by atoms with Gasteiger partial charge in [-0.15, -0.1) is 5.10 Å². The van der Waals surface area contributed by atoms with Crippen LogP contribution < -0.4 is 0 Å². The fourth-order valence-electron chi connectivity index (χ4n) is 1.89. The van der Waals surface area contributed by atoms with Gasteiger partial charge in [0.2, 0.25) is 0 Å². The van der Waals surface area contributed by atoms with Gasteiger partial charge < -0.3 is 4.74 Å². The van der Waals surface area contributed by atoms with Gasteiger partial charge in [0.1, 0.15) is 11.4 Å². The van der Waals surface area contributed by atoms with E-state index in [2.05, 4.69) is 25.3 Å². The molecule has 0 atom stereocenters. The van der Waals surface area contributed by atoms with Crippen LogP contribution in [0, 0.1) is 6.92 Å². The maximum Gasteiger partial charge on any atom is 0.360 e. The summed E-state index contributed by atoms with van der Waals surface area (Å²) in [5.74, 6) is -0.387. The summed E-state index contributed by atoms with van der Waals surface area (Å²) in [5, 5.41) is 15.5. The first kappa shape index (κ1) is 14.2. The molecule has 0 unspecified atom stereocenters. The SMILES string of the molecule is CCOC(=O)c1nnn(Cc2nonc2C)c1C(C)C. The highest BCUT2D eigenvalue weighted by Crippen LogP contribution is 2.19. The molecule has 2 aromatic rings. The Hall–Kier alpha value is -2.25. The first-order valence-electron chi connectivity index (χ1n) is 6.43. The van der Waals surface area contributed by atoms with E-state index in [-0.39, 0.29) is 11.6 Å². The topological polar surface area (TPSA) is 95.9 Å². The Kier molecular flexibility index (Phi) is 4.11. The summed E-state index contributed by atoms with van der Waals surface area (Å²) in [6.07, 6.45) is 0. The van der Waals surface area contributed by atoms with Gasteiger partial charge in [-0.05, 0) is 19.8 Å². The first-order chi connectivity index (χ1) is 9.54. The molecule has 0 aliphatic heterocycles. The van der Waals surface area contributed by atoms with Crippen molar-refractivity contribution in [3.8, 4) is 0 Å². The summed E-state index contributed by atoms with van der Waals surface area (Å²) in [6, 6.07) is 0. The summed E-state index contributed by atoms with van der Waals surface area (Å²) in [5.41, 5.74) is 2.31. The molecule has 20 heavy (non-hydrogen) atoms. The molecule has 108 valence electrons. The van der Waals surface area contributed by atoms with Crippen LogP contribution in [-0.2, 0) is 11.3 Å². The third-order valence-corrected chi connectivity index (χ3v) is 2.83. The summed E-state index contributed by atoms with van der Waals surface area (Å²) < 4.78 is 11.3. The lowest BCUT2D eigenvalue weighted by Gasteiger charge is -2.09. The van der Waals surface area contributed by atoms with Crippen molar-refractivity contribution in [2.75, 3.05) is 6.61 Å². The van der Waals surface area contributed by atoms with E-state index >= 15 is 0 Å². The van der Waals surface area contributed by atoms with Crippen LogP contribution in [0.25, 0.3) is 0 Å². The lowest BCUT2D eigenvalue weighted by atomic mass is 10.1. The molecule has 0 amide bonds. The van der Waals surface area contributed by atoms with E-state index in [9.17, 15) is 4.79 Å². The minimum absolute atomic E-state index is 0.0737. The van der Waals surface area contributed by atoms with Gasteiger partial charge in [-0.2, -0.15) is 0 Å². The number of ether oxygens (including phenoxy) is 1. The summed E-state index contributed by atoms with van der Waals surface area (Å²) in [6.45, 7) is 8.13. The molecule has 2 rings (SSSR count). The predicted octanol–water partition coefficient (Wildman–Crippen LogP) is 1.32. The van der Waals surface area contributed by atoms with E-state index in [0.717, 1.165) is 0 Å². The zero-order valence-corrected chi connectivity index (χ0v) is 12.0. The monoisotopic (exact) mass is 279 g/mol. The van der Waals surface area contributed by atoms with Crippen molar-refractivity contribution in [2.45, 2.75) is 40.2 Å². The van der Waals surface area contributed by atoms with Crippen molar-refractivity contribution in [1.29, 1.82) is 0 Å². The lowest BCUT2D eigenvalue weighted by molar-refractivity contribution is 0.0517. The molecule has 8 nitrogen and oxygen atoms in total. The average Bonchev–Trinajstić information content (AvgIpc) is 2.97. The quantitative estimate of drug-likeness (QED) is 0.761. The largest absolute Gasteiger partial charge is 0.461 e. The summed E-state index contributed by atoms with van der Waals surface area (Å²) in [7, 11) is 0. The van der Waals surface area contributed by atoms with Gasteiger partial charge in [0, 0.05) is 0 Å². The maximum atomic E-state index is 11.9. The highest BCUT2D eigenvalue weighted by atomic mass is 16.6. The van der Waals surface area contributed by atoms with Gasteiger partial charge in [-0.3, -0.25) is 0 Å². The number of aryl methyl sites for hydroxylation is 1. The zero-order valence-electron chi connectivity index (χ0n) is 12.0. The summed E-state index contributed by atoms with van der Waals surface area (Å²) >= 11 is 0. The number of aromatic nitrogens is 5. The van der Waals surface area contributed by atoms with Gasteiger partial charge in [-0.1, -0.05) is 29.4 Å². The Morgan fingerprint density at radius 2 is 2.15 bits per heavy atom. The van der Waals surface area contributed by atoms with Crippen molar-refractivity contribution in [3.05, 3.63) is 22.8 Å². The average molecular weight is 279 g/mol. The van der Waals surface area contributed by atoms with Crippen molar-refractivity contribution >= 4 is 5.97 Å². The zero-order chi connectivity index (χ0) is 14.7. The molecule has 0 radical (unpaired) electrons. The molecule has 0 saturated heterocycles. The molecular formula is C12H17N5O3. The fourth-order valence-corrected chi connectivity index (χ4v) is 1.89. The molecule has 0 fully saturated rings. The van der Waals surface area contributed by atoms with Crippen LogP contribution in [0.1, 0.15) is 54.3 Å². The third-order valence-electron chi connectivity index (χ3n) is 2.83. The van der Waals surface area contributed by atoms with Gasteiger partial charge in [0.15, 0.2) is 5.69 Å². The lowest BCUT2D eigenvalue weighted by Crippen LogP contribution is -2.13. The summed E-state index contributed by atoms with van der Waals surface area (Å²) in [4.78, 5) is 11.9. The molecule has 0 aromatic carbocycles. The number of carbonyl (C=O) groups is 1. The highest BCUT2D eigenvalue weighted by molar-refractivity contribution is 5.88. The van der Waals surface area contributed by atoms with Gasteiger partial charge >= 0.3 is 5.97 Å². The minimum Gasteiger partial charge on any atom is -0.461 e. The van der Waals surface area contributed by atoms with Crippen molar-refractivity contribution < 1.29 is 14.2 Å². The highest BCUT2D eigenvalue weighted by Gasteiger charge is 2.24. The third kappa shape index (κ3) is 2.68. The molecule has 2 aromatic heterocycles. The number of hydrogen-bond acceptors (Lipinski definition) is 7. The molecule has 2 heterocycles. The second-order valence-corrected chi connectivity index (χ2v) is 4.65. The molecule has 0 bridgehead atoms. The second-order valence-electron chi connectivity index (χ2n) is 4.65. The normalized spacial score (nSPS) is 11.1. The van der Waals surface area contributed by atoms with E-state index in [1.807, 2.05) is 13.8 Å². The Bertz CT molecular complexity index is 602. The van der Waals surface area contributed by atoms with Crippen molar-refractivity contribution in [3.63, 3.8) is 0 Å². The molecule has 0 spiro atoms. The van der Waals surface area contributed by atoms with Crippen LogP contribution >= 0.6 is 0 Å². The standard InChI is InChI=1S/C12H17N5O3/c1-5-19-12(18)10-11(7(2)3)17(16-13-10)6-9-8(4)14-20-15-9/h7H,5-6H2,1-4H3. The number of carbonyl (C=O) groups excluding carboxylic acids is 1. The molecule has 8 heteroatoms. The van der Waals surface area contributed by atoms with Crippen LogP contribution in [0.4, 0.5) is 0 Å². The van der Waals surface area contributed by atoms with E-state index in [4.69, 9.17) is 4.74 Å². The minimum atomic E-state index is -0.461. The van der Waals surface area contributed by atoms with E-state index in [1.165, 1.54) is 0 Å². The van der Waals surface area contributed by atoms with E-state index < -0.39 is 5.97 Å². The number of nitrogens with zero attached hydrogens (tertiary/aromatic N) is 5. The van der Waals surface area contributed by atoms with Crippen LogP contribution in [0.3, 0.4) is 0 Å². The van der Waals surface area contributed by atoms with Crippen LogP contribution in [-0.4, -0.2) is 37.9 Å². The molecule has 0 aliphatic carbocycles. The second kappa shape index (κ2) is 5.81. The molecule has 0 aliphatic rings. The van der Waals surface area contributed by atoms with Gasteiger partial charge in [0.25, 0.3) is 0 Å². The molecule has 0 N–H and O–H groups in total. The van der Waals surface area contributed by atoms with Crippen molar-refractivity contribution in [2.24, 2.45) is 0 Å². The molecule has 0 saturated carbocycles. The van der Waals surface area contributed by atoms with Crippen LogP contribution in [0.5, 0.6) is 0 Å². The van der Waals surface area contributed by atoms with Crippen LogP contribution in [0.2, 0.25) is 0 Å². The fraction of sp³-hybridized carbons (Fsp3) is 0.583. The first-order valence-corrected chi connectivity index (χ1v) is 6.43. The van der Waals surface area contributed by atoms with E-state index in [1.54, 1.807) is 18.5 Å². The van der Waals surface area contributed by atoms with Gasteiger partial charge in [-0.25, -0.2) is 14.1 Å². The Morgan fingerprint density at radius 3 is 2.70 bits per heavy atom. The smallest absolute Gasteiger partial charge is 0.360 e. The maximum absolute atomic E-state index is 11.9. The molecular weight excluding hydrogens is 262 g/mol. The van der Waals surface area contributed by atoms with Gasteiger partial charge in [0.05, 0.1) is 18.8 Å². The van der Waals surface area contributed by atoms with E-state index in [0.29, 0.717) is 30.2 Å². The predicted molar refractivity (Wildman–Crippen MR) is 68.2 cm³/mol. The van der Waals surface area contributed by atoms with Crippen molar-refractivity contribution in [1.82, 2.24) is 25.3 Å². The Labute approximate surface area is 116 Å². The Morgan fingerprint density at radius 1 is 1.40 bits per heavy atom. The number of hydrogen-bond donors (Lipinski definition) is 0. The Balaban J connectivity index is 2.34. The van der Waals surface area contributed by atoms with Crippen LogP contribution in [0.15, 0.2) is 4.63 Å². The number of esters is 1.